The van der Waals surface area contributed by atoms with Crippen molar-refractivity contribution in [1.82, 2.24) is 4.57 Å². The Morgan fingerprint density at radius 3 is 2.40 bits per heavy atom. The van der Waals surface area contributed by atoms with E-state index in [-0.39, 0.29) is 11.5 Å². The van der Waals surface area contributed by atoms with Crippen molar-refractivity contribution in [3.8, 4) is 5.75 Å². The largest absolute Gasteiger partial charge is 0.478 e. The first kappa shape index (κ1) is 21.7. The van der Waals surface area contributed by atoms with E-state index in [0.717, 1.165) is 27.7 Å². The van der Waals surface area contributed by atoms with E-state index in [0.29, 0.717) is 17.3 Å². The number of carbonyl (C=O) groups is 2. The number of carboxylic acids is 2. The van der Waals surface area contributed by atoms with Crippen molar-refractivity contribution in [3.05, 3.63) is 63.8 Å². The number of ether oxygens (including phenoxy) is 1. The van der Waals surface area contributed by atoms with Crippen LogP contribution in [0.2, 0.25) is 5.02 Å². The van der Waals surface area contributed by atoms with Gasteiger partial charge in [-0.15, -0.1) is 0 Å². The highest BCUT2D eigenvalue weighted by atomic mass is 35.5. The van der Waals surface area contributed by atoms with Crippen molar-refractivity contribution >= 4 is 34.4 Å². The Morgan fingerprint density at radius 2 is 1.80 bits per heavy atom. The van der Waals surface area contributed by atoms with Gasteiger partial charge in [-0.1, -0.05) is 31.5 Å². The normalized spacial score (nSPS) is 12.3. The molecule has 0 amide bonds. The molecule has 3 rings (SSSR count). The molecule has 0 aliphatic rings. The highest BCUT2D eigenvalue weighted by Gasteiger charge is 2.24. The van der Waals surface area contributed by atoms with Crippen LogP contribution in [0.1, 0.15) is 41.0 Å². The zero-order chi connectivity index (χ0) is 22.2. The first-order valence-electron chi connectivity index (χ1n) is 9.60. The summed E-state index contributed by atoms with van der Waals surface area (Å²) < 4.78 is 7.80. The number of halogens is 1. The summed E-state index contributed by atoms with van der Waals surface area (Å²) in [7, 11) is 0. The van der Waals surface area contributed by atoms with Gasteiger partial charge in [0, 0.05) is 29.1 Å². The average Bonchev–Trinajstić information content (AvgIpc) is 2.92. The van der Waals surface area contributed by atoms with Crippen molar-refractivity contribution in [2.75, 3.05) is 0 Å². The molecule has 2 aromatic carbocycles. The Hall–Kier alpha value is -2.99. The summed E-state index contributed by atoms with van der Waals surface area (Å²) in [5, 5.41) is 19.9. The molecule has 7 heteroatoms. The monoisotopic (exact) mass is 429 g/mol. The van der Waals surface area contributed by atoms with E-state index >= 15 is 0 Å². The van der Waals surface area contributed by atoms with E-state index in [2.05, 4.69) is 4.57 Å². The maximum absolute atomic E-state index is 11.5. The van der Waals surface area contributed by atoms with Gasteiger partial charge in [-0.05, 0) is 55.3 Å². The van der Waals surface area contributed by atoms with Gasteiger partial charge >= 0.3 is 11.9 Å². The first-order valence-corrected chi connectivity index (χ1v) is 9.98. The summed E-state index contributed by atoms with van der Waals surface area (Å²) in [5.41, 5.74) is 4.11. The molecular weight excluding hydrogens is 406 g/mol. The number of aryl methyl sites for hydroxylation is 1. The van der Waals surface area contributed by atoms with Crippen LogP contribution in [0, 0.1) is 19.8 Å². The molecule has 0 saturated heterocycles. The van der Waals surface area contributed by atoms with Crippen LogP contribution < -0.4 is 4.74 Å². The minimum atomic E-state index is -1.04. The second kappa shape index (κ2) is 8.40. The maximum atomic E-state index is 11.5. The van der Waals surface area contributed by atoms with Gasteiger partial charge in [-0.25, -0.2) is 9.59 Å². The average molecular weight is 430 g/mol. The summed E-state index contributed by atoms with van der Waals surface area (Å²) >= 11 is 6.25. The smallest absolute Gasteiger partial charge is 0.345 e. The number of hydrogen-bond acceptors (Lipinski definition) is 3. The van der Waals surface area contributed by atoms with Crippen molar-refractivity contribution in [3.63, 3.8) is 0 Å². The Labute approximate surface area is 179 Å². The first-order chi connectivity index (χ1) is 14.1. The third kappa shape index (κ3) is 4.14. The predicted octanol–water partition coefficient (Wildman–Crippen LogP) is 5.15. The highest BCUT2D eigenvalue weighted by Crippen LogP contribution is 2.31. The molecule has 0 aliphatic heterocycles. The molecular formula is C23H24ClNO5. The van der Waals surface area contributed by atoms with Crippen molar-refractivity contribution in [1.29, 1.82) is 0 Å². The number of rotatable bonds is 7. The van der Waals surface area contributed by atoms with Gasteiger partial charge in [0.2, 0.25) is 0 Å². The zero-order valence-electron chi connectivity index (χ0n) is 17.3. The molecule has 30 heavy (non-hydrogen) atoms. The van der Waals surface area contributed by atoms with E-state index < -0.39 is 18.0 Å². The fourth-order valence-electron chi connectivity index (χ4n) is 3.51. The SMILES string of the molecule is Cc1c(C)n(Cc2ccc(Cl)c(O[C@@H](C(=O)O)C(C)C)c2)c2ccc(C(=O)O)cc12. The number of nitrogens with zero attached hydrogens (tertiary/aromatic N) is 1. The molecule has 2 N–H and O–H groups in total. The quantitative estimate of drug-likeness (QED) is 0.542. The fraction of sp³-hybridized carbons (Fsp3) is 0.304. The Bertz CT molecular complexity index is 1130. The molecule has 0 fully saturated rings. The zero-order valence-corrected chi connectivity index (χ0v) is 18.0. The molecule has 0 saturated carbocycles. The Morgan fingerprint density at radius 1 is 1.10 bits per heavy atom. The minimum absolute atomic E-state index is 0.219. The summed E-state index contributed by atoms with van der Waals surface area (Å²) in [6.07, 6.45) is -0.997. The molecule has 0 spiro atoms. The lowest BCUT2D eigenvalue weighted by atomic mass is 10.1. The topological polar surface area (TPSA) is 88.8 Å². The van der Waals surface area contributed by atoms with Gasteiger partial charge in [0.15, 0.2) is 6.10 Å². The van der Waals surface area contributed by atoms with Crippen molar-refractivity contribution in [2.24, 2.45) is 5.92 Å². The summed E-state index contributed by atoms with van der Waals surface area (Å²) in [6.45, 7) is 8.02. The number of hydrogen-bond donors (Lipinski definition) is 2. The van der Waals surface area contributed by atoms with E-state index in [1.807, 2.05) is 26.0 Å². The summed E-state index contributed by atoms with van der Waals surface area (Å²) in [4.78, 5) is 22.8. The van der Waals surface area contributed by atoms with Crippen LogP contribution in [0.25, 0.3) is 10.9 Å². The molecule has 1 heterocycles. The minimum Gasteiger partial charge on any atom is -0.478 e. The lowest BCUT2D eigenvalue weighted by Gasteiger charge is -2.20. The second-order valence-corrected chi connectivity index (χ2v) is 8.13. The molecule has 158 valence electrons. The lowest BCUT2D eigenvalue weighted by molar-refractivity contribution is -0.147. The molecule has 6 nitrogen and oxygen atoms in total. The number of benzene rings is 2. The van der Waals surface area contributed by atoms with Crippen LogP contribution in [0.5, 0.6) is 5.75 Å². The number of aromatic carboxylic acids is 1. The number of aliphatic carboxylic acids is 1. The lowest BCUT2D eigenvalue weighted by Crippen LogP contribution is -2.32. The van der Waals surface area contributed by atoms with E-state index in [9.17, 15) is 19.8 Å². The molecule has 0 bridgehead atoms. The van der Waals surface area contributed by atoms with Gasteiger partial charge in [0.25, 0.3) is 0 Å². The summed E-state index contributed by atoms with van der Waals surface area (Å²) in [6, 6.07) is 10.4. The van der Waals surface area contributed by atoms with Crippen LogP contribution in [-0.2, 0) is 11.3 Å². The molecule has 0 radical (unpaired) electrons. The Kier molecular flexibility index (Phi) is 6.08. The van der Waals surface area contributed by atoms with Gasteiger partial charge in [0.05, 0.1) is 10.6 Å². The molecule has 3 aromatic rings. The van der Waals surface area contributed by atoms with Crippen LogP contribution in [0.4, 0.5) is 0 Å². The van der Waals surface area contributed by atoms with E-state index in [4.69, 9.17) is 16.3 Å². The number of carboxylic acid groups (broad SMARTS) is 2. The second-order valence-electron chi connectivity index (χ2n) is 7.72. The van der Waals surface area contributed by atoms with Crippen molar-refractivity contribution in [2.45, 2.75) is 40.3 Å². The van der Waals surface area contributed by atoms with Gasteiger partial charge in [-0.3, -0.25) is 0 Å². The third-order valence-corrected chi connectivity index (χ3v) is 5.64. The van der Waals surface area contributed by atoms with Crippen LogP contribution in [-0.4, -0.2) is 32.8 Å². The number of aromatic nitrogens is 1. The van der Waals surface area contributed by atoms with Gasteiger partial charge in [-0.2, -0.15) is 0 Å². The fourth-order valence-corrected chi connectivity index (χ4v) is 3.68. The Balaban J connectivity index is 1.99. The predicted molar refractivity (Wildman–Crippen MR) is 116 cm³/mol. The maximum Gasteiger partial charge on any atom is 0.345 e. The number of fused-ring (bicyclic) bond motifs is 1. The molecule has 0 aliphatic carbocycles. The third-order valence-electron chi connectivity index (χ3n) is 5.33. The summed E-state index contributed by atoms with van der Waals surface area (Å²) in [5.74, 6) is -1.89. The molecule has 1 atom stereocenters. The van der Waals surface area contributed by atoms with Gasteiger partial charge in [0.1, 0.15) is 5.75 Å². The van der Waals surface area contributed by atoms with E-state index in [1.165, 1.54) is 0 Å². The van der Waals surface area contributed by atoms with Crippen LogP contribution >= 0.6 is 11.6 Å². The standard InChI is InChI=1S/C23H24ClNO5/c1-12(2)21(23(28)29)30-20-9-15(5-7-18(20)24)11-25-14(4)13(3)17-10-16(22(26)27)6-8-19(17)25/h5-10,12,21H,11H2,1-4H3,(H,26,27)(H,28,29)/t21-/m1/s1. The molecule has 0 unspecified atom stereocenters. The van der Waals surface area contributed by atoms with E-state index in [1.54, 1.807) is 38.1 Å². The highest BCUT2D eigenvalue weighted by molar-refractivity contribution is 6.32. The van der Waals surface area contributed by atoms with Crippen LogP contribution in [0.3, 0.4) is 0 Å². The van der Waals surface area contributed by atoms with Gasteiger partial charge < -0.3 is 19.5 Å². The molecule has 1 aromatic heterocycles. The van der Waals surface area contributed by atoms with Crippen LogP contribution in [0.15, 0.2) is 36.4 Å². The van der Waals surface area contributed by atoms with Crippen molar-refractivity contribution < 1.29 is 24.5 Å².